The van der Waals surface area contributed by atoms with Crippen molar-refractivity contribution in [2.75, 3.05) is 7.11 Å². The molecule has 3 aromatic heterocycles. The van der Waals surface area contributed by atoms with Gasteiger partial charge in [-0.15, -0.1) is 5.10 Å². The van der Waals surface area contributed by atoms with Gasteiger partial charge in [0.1, 0.15) is 11.2 Å². The first-order valence-corrected chi connectivity index (χ1v) is 5.98. The maximum Gasteiger partial charge on any atom is 0.344 e. The van der Waals surface area contributed by atoms with Crippen molar-refractivity contribution >= 4 is 28.2 Å². The molecule has 0 aliphatic rings. The monoisotopic (exact) mass is 283 g/mol. The molecule has 0 bridgehead atoms. The molecule has 0 aliphatic heterocycles. The van der Waals surface area contributed by atoms with Crippen molar-refractivity contribution in [3.63, 3.8) is 0 Å². The Labute approximate surface area is 119 Å². The maximum absolute atomic E-state index is 11.9. The van der Waals surface area contributed by atoms with E-state index in [1.54, 1.807) is 27.6 Å². The Bertz CT molecular complexity index is 969. The van der Waals surface area contributed by atoms with Gasteiger partial charge in [0.05, 0.1) is 12.5 Å². The predicted molar refractivity (Wildman–Crippen MR) is 75.0 cm³/mol. The topological polar surface area (TPSA) is 74.7 Å². The third-order valence-corrected chi connectivity index (χ3v) is 3.20. The molecule has 0 saturated carbocycles. The summed E-state index contributed by atoms with van der Waals surface area (Å²) in [6.45, 7) is 0. The Kier molecular flexibility index (Phi) is 2.83. The van der Waals surface area contributed by atoms with Crippen LogP contribution in [0.1, 0.15) is 17.8 Å². The number of hydrogen-bond donors (Lipinski definition) is 0. The van der Waals surface area contributed by atoms with E-state index >= 15 is 0 Å². The zero-order valence-corrected chi connectivity index (χ0v) is 10.5. The SMILES string of the molecule is C.COC(=O)c1cccc2cn3c4nccnc4[n-][n+]3c12. The fraction of sp³-hybridized carbons (Fsp3) is 0.143. The number of fused-ring (bicyclic) bond motifs is 5. The molecule has 0 radical (unpaired) electrons. The molecular weight excluding hydrogens is 270 g/mol. The molecule has 0 N–H and O–H groups in total. The van der Waals surface area contributed by atoms with Gasteiger partial charge in [0, 0.05) is 12.4 Å². The van der Waals surface area contributed by atoms with Crippen LogP contribution in [-0.4, -0.2) is 27.6 Å². The molecule has 4 aromatic rings. The van der Waals surface area contributed by atoms with Crippen LogP contribution in [0.25, 0.3) is 22.2 Å². The van der Waals surface area contributed by atoms with Crippen molar-refractivity contribution in [3.8, 4) is 0 Å². The number of benzene rings is 1. The van der Waals surface area contributed by atoms with Crippen LogP contribution in [0.3, 0.4) is 0 Å². The molecule has 7 nitrogen and oxygen atoms in total. The molecule has 0 unspecified atom stereocenters. The summed E-state index contributed by atoms with van der Waals surface area (Å²) in [4.78, 5) is 20.3. The summed E-state index contributed by atoms with van der Waals surface area (Å²) in [6, 6.07) is 5.43. The molecular formula is C14H13N5O2. The minimum atomic E-state index is -0.399. The van der Waals surface area contributed by atoms with Crippen molar-refractivity contribution in [1.82, 2.24) is 19.6 Å². The van der Waals surface area contributed by atoms with Gasteiger partial charge in [-0.25, -0.2) is 9.78 Å². The lowest BCUT2D eigenvalue weighted by Gasteiger charge is -1.96. The smallest absolute Gasteiger partial charge is 0.344 e. The van der Waals surface area contributed by atoms with E-state index in [1.807, 2.05) is 18.3 Å². The average molecular weight is 283 g/mol. The molecule has 4 rings (SSSR count). The van der Waals surface area contributed by atoms with Gasteiger partial charge in [0.2, 0.25) is 0 Å². The third-order valence-electron chi connectivity index (χ3n) is 3.20. The second-order valence-electron chi connectivity index (χ2n) is 4.30. The van der Waals surface area contributed by atoms with Gasteiger partial charge in [0.15, 0.2) is 5.65 Å². The number of hydrogen-bond acceptors (Lipinski definition) is 4. The molecule has 1 aromatic carbocycles. The second kappa shape index (κ2) is 4.55. The van der Waals surface area contributed by atoms with E-state index in [0.29, 0.717) is 22.4 Å². The van der Waals surface area contributed by atoms with Crippen molar-refractivity contribution in [2.24, 2.45) is 0 Å². The largest absolute Gasteiger partial charge is 0.465 e. The number of ether oxygens (including phenoxy) is 1. The van der Waals surface area contributed by atoms with Gasteiger partial charge in [-0.2, -0.15) is 4.52 Å². The molecule has 0 saturated heterocycles. The van der Waals surface area contributed by atoms with Crippen LogP contribution in [0.15, 0.2) is 36.8 Å². The summed E-state index contributed by atoms with van der Waals surface area (Å²) in [6.07, 6.45) is 5.06. The molecule has 0 atom stereocenters. The van der Waals surface area contributed by atoms with E-state index in [-0.39, 0.29) is 7.43 Å². The van der Waals surface area contributed by atoms with Crippen LogP contribution in [0.2, 0.25) is 0 Å². The van der Waals surface area contributed by atoms with Gasteiger partial charge < -0.3 is 9.72 Å². The number of aromatic nitrogens is 5. The predicted octanol–water partition coefficient (Wildman–Crippen LogP) is 1.00. The van der Waals surface area contributed by atoms with Crippen LogP contribution in [0.4, 0.5) is 0 Å². The first-order chi connectivity index (χ1) is 9.79. The number of carbonyl (C=O) groups excluding carboxylic acids is 1. The maximum atomic E-state index is 11.9. The summed E-state index contributed by atoms with van der Waals surface area (Å²) in [5.74, 6) is -0.399. The molecule has 0 amide bonds. The molecule has 7 heteroatoms. The highest BCUT2D eigenvalue weighted by atomic mass is 16.5. The Hall–Kier alpha value is -2.96. The lowest BCUT2D eigenvalue weighted by atomic mass is 10.1. The normalized spacial score (nSPS) is 10.9. The second-order valence-corrected chi connectivity index (χ2v) is 4.30. The Morgan fingerprint density at radius 1 is 1.33 bits per heavy atom. The Morgan fingerprint density at radius 3 is 2.95 bits per heavy atom. The fourth-order valence-corrected chi connectivity index (χ4v) is 2.35. The van der Waals surface area contributed by atoms with Gasteiger partial charge >= 0.3 is 5.97 Å². The van der Waals surface area contributed by atoms with E-state index in [2.05, 4.69) is 15.1 Å². The van der Waals surface area contributed by atoms with Crippen LogP contribution >= 0.6 is 0 Å². The Morgan fingerprint density at radius 2 is 2.14 bits per heavy atom. The van der Waals surface area contributed by atoms with Gasteiger partial charge in [-0.1, -0.05) is 18.1 Å². The van der Waals surface area contributed by atoms with Gasteiger partial charge in [-0.05, 0) is 18.3 Å². The number of esters is 1. The van der Waals surface area contributed by atoms with E-state index in [4.69, 9.17) is 4.74 Å². The number of para-hydroxylation sites is 1. The van der Waals surface area contributed by atoms with Crippen molar-refractivity contribution < 1.29 is 14.2 Å². The van der Waals surface area contributed by atoms with Crippen LogP contribution < -0.4 is 9.73 Å². The highest BCUT2D eigenvalue weighted by Crippen LogP contribution is 2.17. The number of carbonyl (C=O) groups is 1. The van der Waals surface area contributed by atoms with E-state index in [9.17, 15) is 4.79 Å². The van der Waals surface area contributed by atoms with E-state index < -0.39 is 5.97 Å². The Balaban J connectivity index is 0.00000132. The first-order valence-electron chi connectivity index (χ1n) is 5.98. The standard InChI is InChI=1S/C13H9N5O2.CH4/c1-20-13(19)9-4-2-3-8-7-17-12-11(14-5-6-15-12)16-18(17)10(8)9;/h2-7H,1H3;1H4. The van der Waals surface area contributed by atoms with Crippen molar-refractivity contribution in [2.45, 2.75) is 7.43 Å². The molecule has 0 aliphatic carbocycles. The first kappa shape index (κ1) is 13.0. The molecule has 106 valence electrons. The third kappa shape index (κ3) is 1.67. The zero-order chi connectivity index (χ0) is 13.7. The summed E-state index contributed by atoms with van der Waals surface area (Å²) in [5.41, 5.74) is 2.30. The lowest BCUT2D eigenvalue weighted by Crippen LogP contribution is -2.31. The van der Waals surface area contributed by atoms with Gasteiger partial charge in [0.25, 0.3) is 5.52 Å². The molecule has 21 heavy (non-hydrogen) atoms. The number of methoxy groups -OCH3 is 1. The van der Waals surface area contributed by atoms with Crippen LogP contribution in [0, 0.1) is 0 Å². The van der Waals surface area contributed by atoms with Crippen molar-refractivity contribution in [3.05, 3.63) is 42.4 Å². The fourth-order valence-electron chi connectivity index (χ4n) is 2.35. The molecule has 0 fully saturated rings. The van der Waals surface area contributed by atoms with E-state index in [1.165, 1.54) is 7.11 Å². The minimum Gasteiger partial charge on any atom is -0.465 e. The number of rotatable bonds is 1. The minimum absolute atomic E-state index is 0. The highest BCUT2D eigenvalue weighted by Gasteiger charge is 2.21. The lowest BCUT2D eigenvalue weighted by molar-refractivity contribution is -0.650. The van der Waals surface area contributed by atoms with E-state index in [0.717, 1.165) is 5.39 Å². The summed E-state index contributed by atoms with van der Waals surface area (Å²) < 4.78 is 8.20. The van der Waals surface area contributed by atoms with Crippen LogP contribution in [0.5, 0.6) is 0 Å². The van der Waals surface area contributed by atoms with Gasteiger partial charge in [-0.3, -0.25) is 0 Å². The quantitative estimate of drug-likeness (QED) is 0.385. The highest BCUT2D eigenvalue weighted by molar-refractivity contribution is 6.01. The summed E-state index contributed by atoms with van der Waals surface area (Å²) >= 11 is 0. The van der Waals surface area contributed by atoms with Crippen molar-refractivity contribution in [1.29, 1.82) is 0 Å². The molecule has 3 heterocycles. The zero-order valence-electron chi connectivity index (χ0n) is 10.5. The number of nitrogens with zero attached hydrogens (tertiary/aromatic N) is 5. The molecule has 0 spiro atoms. The van der Waals surface area contributed by atoms with Crippen LogP contribution in [-0.2, 0) is 4.74 Å². The summed E-state index contributed by atoms with van der Waals surface area (Å²) in [7, 11) is 1.36. The summed E-state index contributed by atoms with van der Waals surface area (Å²) in [5, 5.41) is 5.26. The average Bonchev–Trinajstić information content (AvgIpc) is 3.02.